The normalized spacial score (nSPS) is 12.2. The molecule has 0 aliphatic rings. The van der Waals surface area contributed by atoms with Crippen LogP contribution >= 0.6 is 11.6 Å². The Balaban J connectivity index is 1.57. The van der Waals surface area contributed by atoms with Crippen LogP contribution in [0, 0.1) is 0 Å². The highest BCUT2D eigenvalue weighted by Gasteiger charge is 2.21. The first-order chi connectivity index (χ1) is 14.7. The zero-order valence-corrected chi connectivity index (χ0v) is 17.8. The molecule has 0 bridgehead atoms. The van der Waals surface area contributed by atoms with Crippen LogP contribution in [0.5, 0.6) is 0 Å². The number of esters is 1. The molecule has 2 heterocycles. The van der Waals surface area contributed by atoms with E-state index >= 15 is 0 Å². The number of amides is 1. The van der Waals surface area contributed by atoms with Gasteiger partial charge in [-0.1, -0.05) is 11.6 Å². The van der Waals surface area contributed by atoms with Gasteiger partial charge in [-0.05, 0) is 55.5 Å². The number of carbonyl (C=O) groups is 2. The molecule has 0 fully saturated rings. The van der Waals surface area contributed by atoms with E-state index in [1.165, 1.54) is 49.7 Å². The van der Waals surface area contributed by atoms with E-state index in [9.17, 15) is 18.0 Å². The Kier molecular flexibility index (Phi) is 7.06. The second kappa shape index (κ2) is 9.73. The van der Waals surface area contributed by atoms with Crippen LogP contribution in [0.2, 0.25) is 5.02 Å². The standard InChI is InChI=1S/C20H18ClN3O6S/c1-13(19(25)24-18-9-6-15(21)11-22-18)30-20(26)14-4-7-17(8-5-14)31(27,28)23-12-16-3-2-10-29-16/h2-11,13,23H,12H2,1H3,(H,22,24,25)/t13-/m1/s1. The first-order valence-corrected chi connectivity index (χ1v) is 10.9. The number of anilines is 1. The number of sulfonamides is 1. The van der Waals surface area contributed by atoms with Crippen LogP contribution < -0.4 is 10.0 Å². The highest BCUT2D eigenvalue weighted by Crippen LogP contribution is 2.14. The molecule has 0 radical (unpaired) electrons. The fourth-order valence-corrected chi connectivity index (χ4v) is 3.50. The van der Waals surface area contributed by atoms with Gasteiger partial charge in [-0.15, -0.1) is 0 Å². The predicted molar refractivity (Wildman–Crippen MR) is 112 cm³/mol. The number of halogens is 1. The van der Waals surface area contributed by atoms with Gasteiger partial charge < -0.3 is 14.5 Å². The maximum absolute atomic E-state index is 12.3. The number of hydrogen-bond acceptors (Lipinski definition) is 7. The van der Waals surface area contributed by atoms with E-state index in [0.717, 1.165) is 0 Å². The number of rotatable bonds is 8. The Hall–Kier alpha value is -3.21. The third-order valence-electron chi connectivity index (χ3n) is 4.05. The number of furan rings is 1. The Bertz CT molecular complexity index is 1150. The van der Waals surface area contributed by atoms with Crippen molar-refractivity contribution in [2.24, 2.45) is 0 Å². The van der Waals surface area contributed by atoms with Gasteiger partial charge >= 0.3 is 5.97 Å². The van der Waals surface area contributed by atoms with Crippen molar-refractivity contribution in [1.82, 2.24) is 9.71 Å². The van der Waals surface area contributed by atoms with Crippen molar-refractivity contribution in [2.45, 2.75) is 24.5 Å². The Morgan fingerprint density at radius 3 is 2.52 bits per heavy atom. The Morgan fingerprint density at radius 1 is 1.16 bits per heavy atom. The number of ether oxygens (including phenoxy) is 1. The topological polar surface area (TPSA) is 128 Å². The zero-order chi connectivity index (χ0) is 22.4. The van der Waals surface area contributed by atoms with Crippen molar-refractivity contribution in [3.05, 3.63) is 77.3 Å². The maximum atomic E-state index is 12.3. The van der Waals surface area contributed by atoms with Crippen molar-refractivity contribution >= 4 is 39.3 Å². The first kappa shape index (κ1) is 22.5. The molecule has 3 rings (SSSR count). The van der Waals surface area contributed by atoms with E-state index in [1.54, 1.807) is 18.2 Å². The van der Waals surface area contributed by atoms with E-state index in [4.69, 9.17) is 20.8 Å². The van der Waals surface area contributed by atoms with E-state index in [1.807, 2.05) is 0 Å². The van der Waals surface area contributed by atoms with Crippen LogP contribution in [0.1, 0.15) is 23.0 Å². The molecule has 11 heteroatoms. The van der Waals surface area contributed by atoms with Gasteiger partial charge in [0.05, 0.1) is 28.3 Å². The molecule has 1 amide bonds. The van der Waals surface area contributed by atoms with Gasteiger partial charge in [0.15, 0.2) is 6.10 Å². The smallest absolute Gasteiger partial charge is 0.338 e. The summed E-state index contributed by atoms with van der Waals surface area (Å²) in [6.07, 6.45) is 1.70. The van der Waals surface area contributed by atoms with Crippen molar-refractivity contribution in [1.29, 1.82) is 0 Å². The third kappa shape index (κ3) is 6.14. The summed E-state index contributed by atoms with van der Waals surface area (Å²) in [4.78, 5) is 28.3. The van der Waals surface area contributed by atoms with Gasteiger partial charge in [-0.25, -0.2) is 22.9 Å². The van der Waals surface area contributed by atoms with E-state index in [-0.39, 0.29) is 22.8 Å². The molecule has 0 unspecified atom stereocenters. The Labute approximate surface area is 183 Å². The molecule has 0 saturated carbocycles. The summed E-state index contributed by atoms with van der Waals surface area (Å²) >= 11 is 5.74. The van der Waals surface area contributed by atoms with E-state index in [2.05, 4.69) is 15.0 Å². The fourth-order valence-electron chi connectivity index (χ4n) is 2.39. The molecule has 9 nitrogen and oxygen atoms in total. The van der Waals surface area contributed by atoms with Gasteiger partial charge in [0, 0.05) is 6.20 Å². The van der Waals surface area contributed by atoms with Crippen LogP contribution in [0.15, 0.2) is 70.3 Å². The largest absolute Gasteiger partial charge is 0.468 e. The number of carbonyl (C=O) groups excluding carboxylic acids is 2. The lowest BCUT2D eigenvalue weighted by Crippen LogP contribution is -2.30. The molecular formula is C20H18ClN3O6S. The number of benzene rings is 1. The number of hydrogen-bond donors (Lipinski definition) is 2. The average molecular weight is 464 g/mol. The molecule has 0 spiro atoms. The maximum Gasteiger partial charge on any atom is 0.338 e. The molecule has 162 valence electrons. The number of aromatic nitrogens is 1. The summed E-state index contributed by atoms with van der Waals surface area (Å²) in [6, 6.07) is 11.5. The van der Waals surface area contributed by atoms with Gasteiger partial charge in [0.2, 0.25) is 10.0 Å². The van der Waals surface area contributed by atoms with Gasteiger partial charge in [-0.3, -0.25) is 4.79 Å². The summed E-state index contributed by atoms with van der Waals surface area (Å²) < 4.78 is 37.3. The summed E-state index contributed by atoms with van der Waals surface area (Å²) in [6.45, 7) is 1.40. The minimum Gasteiger partial charge on any atom is -0.468 e. The van der Waals surface area contributed by atoms with Crippen LogP contribution in [0.25, 0.3) is 0 Å². The van der Waals surface area contributed by atoms with Crippen molar-refractivity contribution in [3.8, 4) is 0 Å². The molecule has 2 N–H and O–H groups in total. The predicted octanol–water partition coefficient (Wildman–Crippen LogP) is 2.99. The molecule has 2 aromatic heterocycles. The lowest BCUT2D eigenvalue weighted by molar-refractivity contribution is -0.123. The monoisotopic (exact) mass is 463 g/mol. The second-order valence-electron chi connectivity index (χ2n) is 6.33. The number of nitrogens with zero attached hydrogens (tertiary/aromatic N) is 1. The van der Waals surface area contributed by atoms with Crippen LogP contribution in [0.3, 0.4) is 0 Å². The minimum absolute atomic E-state index is 0.00572. The van der Waals surface area contributed by atoms with Crippen molar-refractivity contribution in [2.75, 3.05) is 5.32 Å². The summed E-state index contributed by atoms with van der Waals surface area (Å²) in [5, 5.41) is 2.91. The van der Waals surface area contributed by atoms with Crippen molar-refractivity contribution in [3.63, 3.8) is 0 Å². The lowest BCUT2D eigenvalue weighted by Gasteiger charge is -2.13. The lowest BCUT2D eigenvalue weighted by atomic mass is 10.2. The Morgan fingerprint density at radius 2 is 1.90 bits per heavy atom. The van der Waals surface area contributed by atoms with Gasteiger partial charge in [-0.2, -0.15) is 0 Å². The molecule has 1 aromatic carbocycles. The zero-order valence-electron chi connectivity index (χ0n) is 16.2. The highest BCUT2D eigenvalue weighted by molar-refractivity contribution is 7.89. The molecular weight excluding hydrogens is 446 g/mol. The van der Waals surface area contributed by atoms with Crippen LogP contribution in [0.4, 0.5) is 5.82 Å². The van der Waals surface area contributed by atoms with E-state index < -0.39 is 28.0 Å². The van der Waals surface area contributed by atoms with Gasteiger partial charge in [0.25, 0.3) is 5.91 Å². The first-order valence-electron chi connectivity index (χ1n) is 9.00. The highest BCUT2D eigenvalue weighted by atomic mass is 35.5. The molecule has 0 saturated heterocycles. The average Bonchev–Trinajstić information content (AvgIpc) is 3.28. The number of pyridine rings is 1. The quantitative estimate of drug-likeness (QED) is 0.491. The van der Waals surface area contributed by atoms with Crippen molar-refractivity contribution < 1.29 is 27.2 Å². The summed E-state index contributed by atoms with van der Waals surface area (Å²) in [5.74, 6) is -0.637. The molecule has 3 aromatic rings. The number of nitrogens with one attached hydrogen (secondary N) is 2. The third-order valence-corrected chi connectivity index (χ3v) is 5.69. The summed E-state index contributed by atoms with van der Waals surface area (Å²) in [7, 11) is -3.80. The molecule has 1 atom stereocenters. The summed E-state index contributed by atoms with van der Waals surface area (Å²) in [5.41, 5.74) is 0.0919. The fraction of sp³-hybridized carbons (Fsp3) is 0.150. The van der Waals surface area contributed by atoms with E-state index in [0.29, 0.717) is 10.8 Å². The second-order valence-corrected chi connectivity index (χ2v) is 8.53. The SMILES string of the molecule is C[C@@H](OC(=O)c1ccc(S(=O)(=O)NCc2ccco2)cc1)C(=O)Nc1ccc(Cl)cn1. The van der Waals surface area contributed by atoms with Crippen LogP contribution in [-0.4, -0.2) is 31.4 Å². The molecule has 31 heavy (non-hydrogen) atoms. The van der Waals surface area contributed by atoms with Crippen LogP contribution in [-0.2, 0) is 26.1 Å². The molecule has 0 aliphatic carbocycles. The minimum atomic E-state index is -3.80. The molecule has 0 aliphatic heterocycles. The van der Waals surface area contributed by atoms with Gasteiger partial charge in [0.1, 0.15) is 11.6 Å².